The summed E-state index contributed by atoms with van der Waals surface area (Å²) in [4.78, 5) is 17.2. The van der Waals surface area contributed by atoms with Gasteiger partial charge in [-0.25, -0.2) is 4.39 Å². The number of aryl methyl sites for hydroxylation is 1. The number of benzene rings is 2. The Bertz CT molecular complexity index is 757. The van der Waals surface area contributed by atoms with Crippen LogP contribution in [0.2, 0.25) is 0 Å². The zero-order valence-corrected chi connectivity index (χ0v) is 16.1. The summed E-state index contributed by atoms with van der Waals surface area (Å²) in [5.74, 6) is -0.386. The Kier molecular flexibility index (Phi) is 6.58. The highest BCUT2D eigenvalue weighted by Gasteiger charge is 2.25. The summed E-state index contributed by atoms with van der Waals surface area (Å²) >= 11 is 0. The van der Waals surface area contributed by atoms with Crippen LogP contribution in [0.25, 0.3) is 0 Å². The van der Waals surface area contributed by atoms with Gasteiger partial charge >= 0.3 is 0 Å². The average molecular weight is 369 g/mol. The number of carbonyl (C=O) groups is 1. The highest BCUT2D eigenvalue weighted by Crippen LogP contribution is 2.15. The molecule has 2 aromatic carbocycles. The standard InChI is InChI=1S/C22H28FN3O/c1-17-8-9-20(16-21(17)23)24-22(27)18(2)26-14-12-25(13-15-26)11-10-19-6-4-3-5-7-19/h3-9,16,18H,10-15H2,1-2H3,(H,24,27). The van der Waals surface area contributed by atoms with Crippen LogP contribution in [0.3, 0.4) is 0 Å². The van der Waals surface area contributed by atoms with Crippen molar-refractivity contribution in [2.75, 3.05) is 38.0 Å². The minimum absolute atomic E-state index is 0.0870. The molecule has 4 nitrogen and oxygen atoms in total. The second kappa shape index (κ2) is 9.11. The van der Waals surface area contributed by atoms with Crippen LogP contribution in [0.5, 0.6) is 0 Å². The molecule has 0 spiro atoms. The summed E-state index contributed by atoms with van der Waals surface area (Å²) in [6.45, 7) is 8.33. The molecule has 2 aromatic rings. The smallest absolute Gasteiger partial charge is 0.241 e. The molecule has 0 radical (unpaired) electrons. The number of carbonyl (C=O) groups excluding carboxylic acids is 1. The van der Waals surface area contributed by atoms with E-state index in [2.05, 4.69) is 39.4 Å². The third-order valence-electron chi connectivity index (χ3n) is 5.33. The molecule has 27 heavy (non-hydrogen) atoms. The SMILES string of the molecule is Cc1ccc(NC(=O)C(C)N2CCN(CCc3ccccc3)CC2)cc1F. The van der Waals surface area contributed by atoms with Crippen LogP contribution in [0.15, 0.2) is 48.5 Å². The minimum Gasteiger partial charge on any atom is -0.325 e. The van der Waals surface area contributed by atoms with Crippen LogP contribution in [0, 0.1) is 12.7 Å². The maximum Gasteiger partial charge on any atom is 0.241 e. The quantitative estimate of drug-likeness (QED) is 0.848. The molecule has 0 aromatic heterocycles. The number of hydrogen-bond donors (Lipinski definition) is 1. The summed E-state index contributed by atoms with van der Waals surface area (Å²) in [6, 6.07) is 15.1. The molecular formula is C22H28FN3O. The molecule has 0 aliphatic carbocycles. The summed E-state index contributed by atoms with van der Waals surface area (Å²) in [6.07, 6.45) is 1.05. The Hall–Kier alpha value is -2.24. The van der Waals surface area contributed by atoms with Gasteiger partial charge in [0.1, 0.15) is 5.82 Å². The van der Waals surface area contributed by atoms with Gasteiger partial charge in [-0.3, -0.25) is 9.69 Å². The topological polar surface area (TPSA) is 35.6 Å². The van der Waals surface area contributed by atoms with Crippen molar-refractivity contribution >= 4 is 11.6 Å². The lowest BCUT2D eigenvalue weighted by atomic mass is 10.1. The molecule has 1 heterocycles. The Morgan fingerprint density at radius 1 is 1.11 bits per heavy atom. The zero-order chi connectivity index (χ0) is 19.2. The van der Waals surface area contributed by atoms with E-state index in [-0.39, 0.29) is 17.8 Å². The number of nitrogens with one attached hydrogen (secondary N) is 1. The van der Waals surface area contributed by atoms with Crippen molar-refractivity contribution in [3.63, 3.8) is 0 Å². The number of nitrogens with zero attached hydrogens (tertiary/aromatic N) is 2. The molecule has 144 valence electrons. The molecule has 1 amide bonds. The molecule has 1 aliphatic rings. The lowest BCUT2D eigenvalue weighted by molar-refractivity contribution is -0.121. The van der Waals surface area contributed by atoms with Crippen molar-refractivity contribution in [3.05, 3.63) is 65.5 Å². The van der Waals surface area contributed by atoms with Gasteiger partial charge in [-0.2, -0.15) is 0 Å². The first-order valence-electron chi connectivity index (χ1n) is 9.60. The first kappa shape index (κ1) is 19.5. The number of hydrogen-bond acceptors (Lipinski definition) is 3. The monoisotopic (exact) mass is 369 g/mol. The summed E-state index contributed by atoms with van der Waals surface area (Å²) in [5.41, 5.74) is 2.45. The van der Waals surface area contributed by atoms with E-state index in [1.165, 1.54) is 11.6 Å². The molecule has 5 heteroatoms. The van der Waals surface area contributed by atoms with Gasteiger partial charge in [-0.05, 0) is 43.5 Å². The van der Waals surface area contributed by atoms with Crippen molar-refractivity contribution < 1.29 is 9.18 Å². The Labute approximate surface area is 161 Å². The molecule has 1 aliphatic heterocycles. The fourth-order valence-electron chi connectivity index (χ4n) is 3.39. The zero-order valence-electron chi connectivity index (χ0n) is 16.1. The number of rotatable bonds is 6. The number of piperazine rings is 1. The fraction of sp³-hybridized carbons (Fsp3) is 0.409. The predicted molar refractivity (Wildman–Crippen MR) is 107 cm³/mol. The van der Waals surface area contributed by atoms with Crippen LogP contribution in [-0.4, -0.2) is 54.5 Å². The summed E-state index contributed by atoms with van der Waals surface area (Å²) in [7, 11) is 0. The van der Waals surface area contributed by atoms with Crippen molar-refractivity contribution in [2.24, 2.45) is 0 Å². The molecule has 1 N–H and O–H groups in total. The van der Waals surface area contributed by atoms with Gasteiger partial charge in [0.25, 0.3) is 0 Å². The van der Waals surface area contributed by atoms with Crippen LogP contribution in [-0.2, 0) is 11.2 Å². The lowest BCUT2D eigenvalue weighted by Gasteiger charge is -2.37. The van der Waals surface area contributed by atoms with Crippen molar-refractivity contribution in [1.29, 1.82) is 0 Å². The van der Waals surface area contributed by atoms with E-state index >= 15 is 0 Å². The van der Waals surface area contributed by atoms with E-state index in [1.54, 1.807) is 19.1 Å². The third-order valence-corrected chi connectivity index (χ3v) is 5.33. The second-order valence-electron chi connectivity index (χ2n) is 7.24. The average Bonchev–Trinajstić information content (AvgIpc) is 2.70. The van der Waals surface area contributed by atoms with E-state index in [0.29, 0.717) is 11.3 Å². The fourth-order valence-corrected chi connectivity index (χ4v) is 3.39. The van der Waals surface area contributed by atoms with Gasteiger partial charge in [0.15, 0.2) is 0 Å². The van der Waals surface area contributed by atoms with Gasteiger partial charge in [0.2, 0.25) is 5.91 Å². The van der Waals surface area contributed by atoms with Gasteiger partial charge in [0, 0.05) is 38.4 Å². The first-order chi connectivity index (χ1) is 13.0. The maximum absolute atomic E-state index is 13.7. The van der Waals surface area contributed by atoms with Crippen LogP contribution in [0.1, 0.15) is 18.1 Å². The van der Waals surface area contributed by atoms with E-state index < -0.39 is 0 Å². The van der Waals surface area contributed by atoms with Crippen LogP contribution >= 0.6 is 0 Å². The van der Waals surface area contributed by atoms with E-state index in [9.17, 15) is 9.18 Å². The summed E-state index contributed by atoms with van der Waals surface area (Å²) < 4.78 is 13.7. The Balaban J connectivity index is 1.45. The molecule has 0 bridgehead atoms. The van der Waals surface area contributed by atoms with Gasteiger partial charge in [0.05, 0.1) is 6.04 Å². The number of anilines is 1. The van der Waals surface area contributed by atoms with Crippen molar-refractivity contribution in [1.82, 2.24) is 9.80 Å². The molecule has 3 rings (SSSR count). The molecule has 1 atom stereocenters. The largest absolute Gasteiger partial charge is 0.325 e. The Morgan fingerprint density at radius 3 is 2.48 bits per heavy atom. The molecule has 1 saturated heterocycles. The third kappa shape index (κ3) is 5.37. The van der Waals surface area contributed by atoms with Crippen LogP contribution < -0.4 is 5.32 Å². The van der Waals surface area contributed by atoms with Crippen LogP contribution in [0.4, 0.5) is 10.1 Å². The highest BCUT2D eigenvalue weighted by molar-refractivity contribution is 5.94. The van der Waals surface area contributed by atoms with Gasteiger partial charge in [-0.1, -0.05) is 36.4 Å². The van der Waals surface area contributed by atoms with Crippen molar-refractivity contribution in [2.45, 2.75) is 26.3 Å². The number of amides is 1. The summed E-state index contributed by atoms with van der Waals surface area (Å²) in [5, 5.41) is 2.83. The lowest BCUT2D eigenvalue weighted by Crippen LogP contribution is -2.53. The molecule has 0 saturated carbocycles. The maximum atomic E-state index is 13.7. The van der Waals surface area contributed by atoms with Gasteiger partial charge < -0.3 is 10.2 Å². The predicted octanol–water partition coefficient (Wildman–Crippen LogP) is 3.32. The number of halogens is 1. The minimum atomic E-state index is -0.299. The molecule has 1 fully saturated rings. The van der Waals surface area contributed by atoms with E-state index in [0.717, 1.165) is 39.1 Å². The van der Waals surface area contributed by atoms with E-state index in [1.807, 2.05) is 13.0 Å². The van der Waals surface area contributed by atoms with E-state index in [4.69, 9.17) is 0 Å². The highest BCUT2D eigenvalue weighted by atomic mass is 19.1. The first-order valence-corrected chi connectivity index (χ1v) is 9.60. The normalized spacial score (nSPS) is 16.9. The second-order valence-corrected chi connectivity index (χ2v) is 7.24. The van der Waals surface area contributed by atoms with Crippen molar-refractivity contribution in [3.8, 4) is 0 Å². The molecule has 1 unspecified atom stereocenters. The van der Waals surface area contributed by atoms with Gasteiger partial charge in [-0.15, -0.1) is 0 Å². The molecular weight excluding hydrogens is 341 g/mol. The Morgan fingerprint density at radius 2 is 1.81 bits per heavy atom.